The first kappa shape index (κ1) is 22.1. The zero-order valence-electron chi connectivity index (χ0n) is 19.8. The summed E-state index contributed by atoms with van der Waals surface area (Å²) in [4.78, 5) is 9.65. The first-order valence-electron chi connectivity index (χ1n) is 11.3. The first-order valence-corrected chi connectivity index (χ1v) is 11.3. The number of nitrogens with zero attached hydrogens (tertiary/aromatic N) is 3. The summed E-state index contributed by atoms with van der Waals surface area (Å²) in [5.74, 6) is 0. The second kappa shape index (κ2) is 9.07. The van der Waals surface area contributed by atoms with Gasteiger partial charge in [-0.05, 0) is 101 Å². The first-order chi connectivity index (χ1) is 14.3. The lowest BCUT2D eigenvalue weighted by Gasteiger charge is -2.43. The van der Waals surface area contributed by atoms with E-state index in [4.69, 9.17) is 4.99 Å². The summed E-state index contributed by atoms with van der Waals surface area (Å²) in [6.45, 7) is 18.8. The Morgan fingerprint density at radius 1 is 1.00 bits per heavy atom. The van der Waals surface area contributed by atoms with Crippen LogP contribution in [0.5, 0.6) is 0 Å². The second-order valence-electron chi connectivity index (χ2n) is 8.81. The average molecular weight is 404 g/mol. The third-order valence-corrected chi connectivity index (χ3v) is 6.14. The van der Waals surface area contributed by atoms with Gasteiger partial charge in [0.2, 0.25) is 0 Å². The molecule has 0 aromatic heterocycles. The normalized spacial score (nSPS) is 15.3. The predicted octanol–water partition coefficient (Wildman–Crippen LogP) is 7.00. The van der Waals surface area contributed by atoms with E-state index in [0.717, 1.165) is 31.7 Å². The third kappa shape index (κ3) is 4.45. The smallest absolute Gasteiger partial charge is 0.0631 e. The maximum Gasteiger partial charge on any atom is 0.0631 e. The summed E-state index contributed by atoms with van der Waals surface area (Å²) in [5, 5.41) is 0. The molecule has 0 unspecified atom stereocenters. The Balaban J connectivity index is 1.91. The molecule has 0 spiro atoms. The highest BCUT2D eigenvalue weighted by atomic mass is 15.2. The van der Waals surface area contributed by atoms with Crippen molar-refractivity contribution in [3.63, 3.8) is 0 Å². The van der Waals surface area contributed by atoms with Crippen LogP contribution >= 0.6 is 0 Å². The van der Waals surface area contributed by atoms with Crippen molar-refractivity contribution in [1.29, 1.82) is 0 Å². The highest BCUT2D eigenvalue weighted by Gasteiger charge is 2.31. The molecule has 3 nitrogen and oxygen atoms in total. The lowest BCUT2D eigenvalue weighted by molar-refractivity contribution is 0.550. The maximum absolute atomic E-state index is 4.77. The summed E-state index contributed by atoms with van der Waals surface area (Å²) < 4.78 is 0. The number of fused-ring (bicyclic) bond motifs is 1. The van der Waals surface area contributed by atoms with Crippen LogP contribution in [-0.4, -0.2) is 31.4 Å². The molecular formula is C27H37N3. The fourth-order valence-corrected chi connectivity index (χ4v) is 4.50. The van der Waals surface area contributed by atoms with E-state index in [2.05, 4.69) is 101 Å². The monoisotopic (exact) mass is 403 g/mol. The van der Waals surface area contributed by atoms with E-state index in [1.165, 1.54) is 33.6 Å². The summed E-state index contributed by atoms with van der Waals surface area (Å²) in [6, 6.07) is 13.2. The van der Waals surface area contributed by atoms with Crippen molar-refractivity contribution in [3.8, 4) is 0 Å². The number of hydrogen-bond acceptors (Lipinski definition) is 3. The Labute approximate surface area is 183 Å². The van der Waals surface area contributed by atoms with Gasteiger partial charge in [-0.1, -0.05) is 13.0 Å². The van der Waals surface area contributed by atoms with Crippen LogP contribution in [0.25, 0.3) is 5.57 Å². The Bertz CT molecular complexity index is 931. The van der Waals surface area contributed by atoms with Crippen molar-refractivity contribution < 1.29 is 0 Å². The molecule has 1 aliphatic rings. The minimum absolute atomic E-state index is 0.0434. The molecule has 3 heteroatoms. The molecule has 0 N–H and O–H groups in total. The van der Waals surface area contributed by atoms with E-state index < -0.39 is 0 Å². The largest absolute Gasteiger partial charge is 0.372 e. The summed E-state index contributed by atoms with van der Waals surface area (Å²) in [7, 11) is 0. The number of aliphatic imine (C=N–C) groups is 1. The van der Waals surface area contributed by atoms with Gasteiger partial charge < -0.3 is 9.80 Å². The van der Waals surface area contributed by atoms with Crippen molar-refractivity contribution in [2.24, 2.45) is 4.99 Å². The zero-order chi connectivity index (χ0) is 21.9. The van der Waals surface area contributed by atoms with Crippen molar-refractivity contribution in [1.82, 2.24) is 0 Å². The number of hydrogen-bond donors (Lipinski definition) is 0. The molecule has 1 aliphatic heterocycles. The predicted molar refractivity (Wildman–Crippen MR) is 134 cm³/mol. The molecule has 1 heterocycles. The van der Waals surface area contributed by atoms with E-state index in [1.807, 2.05) is 6.21 Å². The topological polar surface area (TPSA) is 18.8 Å². The Kier molecular flexibility index (Phi) is 6.70. The highest BCUT2D eigenvalue weighted by molar-refractivity contribution is 5.90. The molecule has 2 aromatic carbocycles. The van der Waals surface area contributed by atoms with Gasteiger partial charge >= 0.3 is 0 Å². The highest BCUT2D eigenvalue weighted by Crippen LogP contribution is 2.40. The van der Waals surface area contributed by atoms with Crippen molar-refractivity contribution in [2.45, 2.75) is 60.4 Å². The number of anilines is 2. The molecule has 0 fully saturated rings. The summed E-state index contributed by atoms with van der Waals surface area (Å²) in [6.07, 6.45) is 5.55. The van der Waals surface area contributed by atoms with Crippen LogP contribution in [0.4, 0.5) is 17.1 Å². The molecule has 160 valence electrons. The van der Waals surface area contributed by atoms with Gasteiger partial charge in [-0.3, -0.25) is 4.99 Å². The van der Waals surface area contributed by atoms with E-state index in [-0.39, 0.29) is 5.54 Å². The van der Waals surface area contributed by atoms with E-state index in [9.17, 15) is 0 Å². The fraction of sp³-hybridized carbons (Fsp3) is 0.444. The van der Waals surface area contributed by atoms with Gasteiger partial charge in [0.15, 0.2) is 0 Å². The molecule has 0 bridgehead atoms. The van der Waals surface area contributed by atoms with Crippen LogP contribution in [0.2, 0.25) is 0 Å². The second-order valence-corrected chi connectivity index (χ2v) is 8.81. The maximum atomic E-state index is 4.77. The molecule has 0 amide bonds. The Morgan fingerprint density at radius 3 is 2.27 bits per heavy atom. The van der Waals surface area contributed by atoms with Crippen LogP contribution in [0.3, 0.4) is 0 Å². The Morgan fingerprint density at radius 2 is 1.67 bits per heavy atom. The van der Waals surface area contributed by atoms with Gasteiger partial charge in [0.25, 0.3) is 0 Å². The van der Waals surface area contributed by atoms with Crippen molar-refractivity contribution in [2.75, 3.05) is 29.4 Å². The summed E-state index contributed by atoms with van der Waals surface area (Å²) in [5.41, 5.74) is 8.76. The molecule has 0 radical (unpaired) electrons. The molecule has 30 heavy (non-hydrogen) atoms. The molecular weight excluding hydrogens is 366 g/mol. The number of benzene rings is 2. The third-order valence-electron chi connectivity index (χ3n) is 6.14. The van der Waals surface area contributed by atoms with E-state index >= 15 is 0 Å². The van der Waals surface area contributed by atoms with Gasteiger partial charge in [-0.2, -0.15) is 0 Å². The van der Waals surface area contributed by atoms with Gasteiger partial charge in [0.1, 0.15) is 0 Å². The number of aryl methyl sites for hydroxylation is 1. The van der Waals surface area contributed by atoms with Crippen LogP contribution < -0.4 is 9.80 Å². The number of allylic oxidation sites excluding steroid dienone is 1. The van der Waals surface area contributed by atoms with E-state index in [1.54, 1.807) is 0 Å². The Hall–Kier alpha value is -2.55. The minimum atomic E-state index is 0.0434. The van der Waals surface area contributed by atoms with Crippen molar-refractivity contribution >= 4 is 28.8 Å². The quantitative estimate of drug-likeness (QED) is 0.463. The van der Waals surface area contributed by atoms with Crippen LogP contribution in [0, 0.1) is 6.92 Å². The standard InChI is InChI=1S/C27H37N3/c1-8-15-30-26-16-20(4)22(17-25(26)21(5)18-27(30,6)7)19-28-23-11-13-24(14-12-23)29(9-2)10-3/h11-14,16-19H,8-10,15H2,1-7H3. The molecule has 0 saturated heterocycles. The molecule has 3 rings (SSSR count). The minimum Gasteiger partial charge on any atom is -0.372 e. The number of rotatable bonds is 7. The molecule has 0 aliphatic carbocycles. The fourth-order valence-electron chi connectivity index (χ4n) is 4.50. The summed E-state index contributed by atoms with van der Waals surface area (Å²) >= 11 is 0. The van der Waals surface area contributed by atoms with E-state index in [0.29, 0.717) is 0 Å². The lowest BCUT2D eigenvalue weighted by atomic mass is 9.87. The van der Waals surface area contributed by atoms with Crippen LogP contribution in [0.1, 0.15) is 64.7 Å². The SMILES string of the molecule is CCCN1c2cc(C)c(C=Nc3ccc(N(CC)CC)cc3)cc2C(C)=CC1(C)C. The van der Waals surface area contributed by atoms with Gasteiger partial charge in [-0.25, -0.2) is 0 Å². The lowest BCUT2D eigenvalue weighted by Crippen LogP contribution is -2.45. The van der Waals surface area contributed by atoms with Crippen LogP contribution in [0.15, 0.2) is 47.5 Å². The molecule has 2 aromatic rings. The molecule has 0 atom stereocenters. The van der Waals surface area contributed by atoms with Crippen molar-refractivity contribution in [3.05, 3.63) is 59.2 Å². The average Bonchev–Trinajstić information content (AvgIpc) is 2.71. The van der Waals surface area contributed by atoms with Gasteiger partial charge in [0.05, 0.1) is 11.2 Å². The van der Waals surface area contributed by atoms with Gasteiger partial charge in [0, 0.05) is 42.8 Å². The molecule has 0 saturated carbocycles. The zero-order valence-corrected chi connectivity index (χ0v) is 19.8. The van der Waals surface area contributed by atoms with Gasteiger partial charge in [-0.15, -0.1) is 0 Å². The van der Waals surface area contributed by atoms with Crippen LogP contribution in [-0.2, 0) is 0 Å².